The molecule has 2 nitrogen and oxygen atoms in total. The Morgan fingerprint density at radius 1 is 0.742 bits per heavy atom. The van der Waals surface area contributed by atoms with Crippen molar-refractivity contribution in [3.63, 3.8) is 0 Å². The summed E-state index contributed by atoms with van der Waals surface area (Å²) in [6.07, 6.45) is 7.73. The molecule has 0 atom stereocenters. The van der Waals surface area contributed by atoms with E-state index in [1.165, 1.54) is 0 Å². The molecule has 2 rings (SSSR count). The number of hydrogen-bond donors (Lipinski definition) is 0. The van der Waals surface area contributed by atoms with Gasteiger partial charge in [-0.1, -0.05) is 0 Å². The van der Waals surface area contributed by atoms with Crippen LogP contribution in [0.2, 0.25) is 0 Å². The fraction of sp³-hybridized carbons (Fsp3) is 0.385. The Bertz CT molecular complexity index is 957. The molecule has 0 aliphatic carbocycles. The van der Waals surface area contributed by atoms with Crippen LogP contribution in [0.5, 0.6) is 0 Å². The molecule has 0 bridgehead atoms. The second-order valence-corrected chi connectivity index (χ2v) is 18.2. The van der Waals surface area contributed by atoms with Gasteiger partial charge in [0.05, 0.1) is 0 Å². The first-order valence-electron chi connectivity index (χ1n) is 10.6. The summed E-state index contributed by atoms with van der Waals surface area (Å²) in [6.45, 7) is 16.6. The van der Waals surface area contributed by atoms with Crippen LogP contribution in [0.15, 0.2) is 80.8 Å². The van der Waals surface area contributed by atoms with Crippen molar-refractivity contribution in [2.45, 2.75) is 53.4 Å². The van der Waals surface area contributed by atoms with E-state index in [2.05, 4.69) is 53.0 Å². The van der Waals surface area contributed by atoms with Crippen LogP contribution in [0.1, 0.15) is 51.7 Å². The quantitative estimate of drug-likeness (QED) is 0.211. The molecule has 0 saturated heterocycles. The molecule has 0 aliphatic rings. The number of benzene rings is 2. The van der Waals surface area contributed by atoms with Crippen molar-refractivity contribution in [2.75, 3.05) is 0 Å². The number of allylic oxidation sites excluding steroid dienone is 2. The van der Waals surface area contributed by atoms with Crippen LogP contribution in [0.3, 0.4) is 0 Å². The number of hydrogen-bond acceptors (Lipinski definition) is 2. The van der Waals surface area contributed by atoms with Crippen molar-refractivity contribution < 1.29 is 13.6 Å². The third-order valence-corrected chi connectivity index (χ3v) is 9.26. The molecule has 0 spiro atoms. The topological polar surface area (TPSA) is 24.7 Å². The van der Waals surface area contributed by atoms with Crippen molar-refractivity contribution in [3.05, 3.63) is 85.0 Å². The maximum absolute atomic E-state index is 6.77. The number of rotatable bonds is 10. The molecule has 0 radical (unpaired) electrons. The summed E-state index contributed by atoms with van der Waals surface area (Å²) in [6, 6.07) is 16.1. The predicted octanol–water partition coefficient (Wildman–Crippen LogP) is 9.77. The molecular formula is C26H34Cl2MoN2. The van der Waals surface area contributed by atoms with E-state index in [-0.39, 0.29) is 10.8 Å². The first-order valence-corrected chi connectivity index (χ1v) is 17.5. The van der Waals surface area contributed by atoms with Crippen molar-refractivity contribution >= 4 is 30.2 Å². The van der Waals surface area contributed by atoms with E-state index < -0.39 is 13.6 Å². The molecule has 0 saturated carbocycles. The Kier molecular flexibility index (Phi) is 9.31. The minimum atomic E-state index is -3.87. The number of aryl methyl sites for hydroxylation is 2. The van der Waals surface area contributed by atoms with E-state index in [0.717, 1.165) is 48.2 Å². The molecule has 2 aromatic carbocycles. The first kappa shape index (κ1) is 26.0. The van der Waals surface area contributed by atoms with E-state index in [0.29, 0.717) is 0 Å². The maximum atomic E-state index is 6.77. The molecule has 31 heavy (non-hydrogen) atoms. The molecule has 0 heterocycles. The van der Waals surface area contributed by atoms with Gasteiger partial charge in [0, 0.05) is 0 Å². The van der Waals surface area contributed by atoms with E-state index in [4.69, 9.17) is 25.8 Å². The summed E-state index contributed by atoms with van der Waals surface area (Å²) < 4.78 is 9.58. The standard InChI is InChI=1S/2C13H17N.2ClH.Mo/c2*1-4-13(2,3)10-9-11-7-5-6-8-12(11)14;;;/h2*4-8H,1,9-10H2,2-3H3;2*1H;/q;;;;+2/p-2. The van der Waals surface area contributed by atoms with Gasteiger partial charge in [-0.25, -0.2) is 0 Å². The van der Waals surface area contributed by atoms with Gasteiger partial charge in [-0.2, -0.15) is 0 Å². The monoisotopic (exact) mass is 542 g/mol. The summed E-state index contributed by atoms with van der Waals surface area (Å²) in [5.41, 5.74) is 4.12. The Morgan fingerprint density at radius 3 is 1.45 bits per heavy atom. The molecule has 168 valence electrons. The van der Waals surface area contributed by atoms with Crippen LogP contribution in [0, 0.1) is 10.8 Å². The second-order valence-electron chi connectivity index (χ2n) is 9.24. The molecule has 2 aromatic rings. The molecule has 5 heteroatoms. The van der Waals surface area contributed by atoms with Gasteiger partial charge in [-0.3, -0.25) is 0 Å². The van der Waals surface area contributed by atoms with Crippen LogP contribution in [0.25, 0.3) is 0 Å². The van der Waals surface area contributed by atoms with Crippen molar-refractivity contribution in [3.8, 4) is 0 Å². The van der Waals surface area contributed by atoms with Gasteiger partial charge >= 0.3 is 200 Å². The van der Waals surface area contributed by atoms with E-state index in [1.54, 1.807) is 0 Å². The third-order valence-electron chi connectivity index (χ3n) is 5.58. The summed E-state index contributed by atoms with van der Waals surface area (Å²) in [5.74, 6) is 0. The van der Waals surface area contributed by atoms with Crippen LogP contribution in [-0.2, 0) is 26.5 Å². The molecule has 0 unspecified atom stereocenters. The zero-order valence-corrected chi connectivity index (χ0v) is 22.6. The van der Waals surface area contributed by atoms with E-state index in [1.807, 2.05) is 48.6 Å². The Labute approximate surface area is 199 Å². The average molecular weight is 541 g/mol. The van der Waals surface area contributed by atoms with Gasteiger partial charge < -0.3 is 0 Å². The van der Waals surface area contributed by atoms with Gasteiger partial charge in [0.2, 0.25) is 0 Å². The van der Waals surface area contributed by atoms with E-state index in [9.17, 15) is 0 Å². The summed E-state index contributed by atoms with van der Waals surface area (Å²) in [4.78, 5) is 0. The molecule has 0 amide bonds. The van der Waals surface area contributed by atoms with Crippen LogP contribution in [-0.4, -0.2) is 0 Å². The van der Waals surface area contributed by atoms with Crippen LogP contribution in [0.4, 0.5) is 11.4 Å². The average Bonchev–Trinajstić information content (AvgIpc) is 2.72. The zero-order valence-electron chi connectivity index (χ0n) is 19.1. The first-order chi connectivity index (χ1) is 14.5. The SMILES string of the molecule is C=CC(C)(C)CCc1ccccc1[N]=[Mo]([Cl])([Cl])=[N]c1ccccc1CCC(C)(C)C=C. The van der Waals surface area contributed by atoms with Gasteiger partial charge in [0.1, 0.15) is 0 Å². The summed E-state index contributed by atoms with van der Waals surface area (Å²) in [5, 5.41) is 0. The number of nitrogens with zero attached hydrogens (tertiary/aromatic N) is 2. The van der Waals surface area contributed by atoms with Gasteiger partial charge in [-0.05, 0) is 0 Å². The minimum absolute atomic E-state index is 0.0658. The molecule has 0 N–H and O–H groups in total. The van der Waals surface area contributed by atoms with Gasteiger partial charge in [0.25, 0.3) is 0 Å². The normalized spacial score (nSPS) is 12.3. The Hall–Kier alpha value is -1.21. The molecule has 0 aromatic heterocycles. The predicted molar refractivity (Wildman–Crippen MR) is 133 cm³/mol. The van der Waals surface area contributed by atoms with Crippen LogP contribution >= 0.6 is 18.8 Å². The Balaban J connectivity index is 2.38. The van der Waals surface area contributed by atoms with Gasteiger partial charge in [-0.15, -0.1) is 0 Å². The number of halogens is 2. The second kappa shape index (κ2) is 11.1. The molecular weight excluding hydrogens is 507 g/mol. The van der Waals surface area contributed by atoms with E-state index >= 15 is 0 Å². The van der Waals surface area contributed by atoms with Gasteiger partial charge in [0.15, 0.2) is 0 Å². The molecule has 0 fully saturated rings. The van der Waals surface area contributed by atoms with Crippen molar-refractivity contribution in [2.24, 2.45) is 17.8 Å². The molecule has 0 aliphatic heterocycles. The fourth-order valence-electron chi connectivity index (χ4n) is 3.00. The van der Waals surface area contributed by atoms with Crippen LogP contribution < -0.4 is 0 Å². The van der Waals surface area contributed by atoms with Crippen molar-refractivity contribution in [1.29, 1.82) is 0 Å². The summed E-state index contributed by atoms with van der Waals surface area (Å²) >= 11 is -3.87. The zero-order chi connectivity index (χ0) is 23.1. The third kappa shape index (κ3) is 8.68. The fourth-order valence-corrected chi connectivity index (χ4v) is 6.90. The van der Waals surface area contributed by atoms with Crippen molar-refractivity contribution in [1.82, 2.24) is 0 Å². The Morgan fingerprint density at radius 2 is 1.10 bits per heavy atom. The summed E-state index contributed by atoms with van der Waals surface area (Å²) in [7, 11) is 13.5.